The van der Waals surface area contributed by atoms with Gasteiger partial charge >= 0.3 is 0 Å². The van der Waals surface area contributed by atoms with Crippen LogP contribution in [0.5, 0.6) is 0 Å². The molecule has 0 N–H and O–H groups in total. The first kappa shape index (κ1) is 23.3. The Morgan fingerprint density at radius 2 is 1.85 bits per heavy atom. The minimum atomic E-state index is 0. The third kappa shape index (κ3) is 12.4. The summed E-state index contributed by atoms with van der Waals surface area (Å²) < 4.78 is 0. The summed E-state index contributed by atoms with van der Waals surface area (Å²) in [5.74, 6) is 0. The fourth-order valence-electron chi connectivity index (χ4n) is 0.650. The van der Waals surface area contributed by atoms with Crippen LogP contribution in [-0.2, 0) is 39.1 Å². The molecule has 13 heavy (non-hydrogen) atoms. The van der Waals surface area contributed by atoms with E-state index in [0.29, 0.717) is 0 Å². The van der Waals surface area contributed by atoms with Crippen LogP contribution >= 0.6 is 0 Å². The smallest absolute Gasteiger partial charge is 0 e. The van der Waals surface area contributed by atoms with Crippen molar-refractivity contribution < 1.29 is 32.7 Å². The largest absolute Gasteiger partial charge is 0.358 e. The molecule has 0 amide bonds. The molecule has 1 rings (SSSR count). The van der Waals surface area contributed by atoms with E-state index >= 15 is 0 Å². The zero-order valence-electron chi connectivity index (χ0n) is 9.17. The second-order valence-electron chi connectivity index (χ2n) is 1.77. The third-order valence-corrected chi connectivity index (χ3v) is 1.18. The van der Waals surface area contributed by atoms with Crippen molar-refractivity contribution in [2.24, 2.45) is 0 Å². The number of hydrogen-bond donors (Lipinski definition) is 0. The molecule has 0 nitrogen and oxygen atoms in total. The molecule has 0 fully saturated rings. The molecule has 2 heteroatoms. The minimum absolute atomic E-state index is 0. The molecule has 0 bridgehead atoms. The zero-order valence-corrected chi connectivity index (χ0v) is 12.0. The Morgan fingerprint density at radius 3 is 2.08 bits per heavy atom. The Labute approximate surface area is 111 Å². The molecule has 4 radical (unpaired) electrons. The fraction of sp³-hybridized carbons (Fsp3) is 0.364. The number of rotatable bonds is 1. The Kier molecular flexibility index (Phi) is 32.7. The third-order valence-electron chi connectivity index (χ3n) is 1.18. The van der Waals surface area contributed by atoms with Crippen molar-refractivity contribution in [1.29, 1.82) is 0 Å². The molecule has 0 saturated heterocycles. The molecule has 0 aliphatic carbocycles. The van der Waals surface area contributed by atoms with E-state index in [-0.39, 0.29) is 48.5 Å². The van der Waals surface area contributed by atoms with Crippen molar-refractivity contribution in [3.63, 3.8) is 0 Å². The Morgan fingerprint density at radius 1 is 1.31 bits per heavy atom. The Bertz CT molecular complexity index is 151. The van der Waals surface area contributed by atoms with Crippen molar-refractivity contribution in [3.05, 3.63) is 43.3 Å². The maximum atomic E-state index is 3.01. The van der Waals surface area contributed by atoms with Gasteiger partial charge in [0.15, 0.2) is 0 Å². The van der Waals surface area contributed by atoms with Crippen molar-refractivity contribution in [3.8, 4) is 0 Å². The molecule has 0 aliphatic rings. The Hall–Kier alpha value is 0.389. The van der Waals surface area contributed by atoms with E-state index in [4.69, 9.17) is 0 Å². The number of benzene rings is 1. The summed E-state index contributed by atoms with van der Waals surface area (Å²) in [5.41, 5.74) is 1.35. The van der Waals surface area contributed by atoms with Gasteiger partial charge < -0.3 is 7.43 Å². The van der Waals surface area contributed by atoms with Gasteiger partial charge in [-0.05, 0) is 0 Å². The summed E-state index contributed by atoms with van der Waals surface area (Å²) in [5, 5.41) is 0. The fourth-order valence-corrected chi connectivity index (χ4v) is 0.650. The number of aryl methyl sites for hydroxylation is 1. The first-order valence-electron chi connectivity index (χ1n) is 3.88. The summed E-state index contributed by atoms with van der Waals surface area (Å²) in [6, 6.07) is 11.1. The van der Waals surface area contributed by atoms with Gasteiger partial charge in [0.25, 0.3) is 0 Å². The van der Waals surface area contributed by atoms with E-state index in [1.165, 1.54) is 5.56 Å². The molecular formula is C11H18BY-2. The van der Waals surface area contributed by atoms with Crippen molar-refractivity contribution >= 4 is 8.41 Å². The standard InChI is InChI=1S/C8H9.C2H6.CH3.B.Y/c1-2-8-6-4-3-5-7-8;1-2;;;/h3-4,6-7H,2H2,1H3;1-2H3;1H3;;/q-1;;-1;;. The zero-order chi connectivity index (χ0) is 7.82. The van der Waals surface area contributed by atoms with Gasteiger partial charge in [0.05, 0.1) is 0 Å². The van der Waals surface area contributed by atoms with Gasteiger partial charge in [0.2, 0.25) is 0 Å². The summed E-state index contributed by atoms with van der Waals surface area (Å²) in [7, 11) is 0. The molecule has 0 saturated carbocycles. The van der Waals surface area contributed by atoms with Gasteiger partial charge in [0.1, 0.15) is 0 Å². The molecule has 0 aliphatic heterocycles. The van der Waals surface area contributed by atoms with Crippen LogP contribution in [-0.4, -0.2) is 8.41 Å². The van der Waals surface area contributed by atoms with Crippen LogP contribution in [0.25, 0.3) is 0 Å². The van der Waals surface area contributed by atoms with E-state index in [1.807, 2.05) is 32.0 Å². The normalized spacial score (nSPS) is 6.08. The summed E-state index contributed by atoms with van der Waals surface area (Å²) in [6.45, 7) is 6.14. The quantitative estimate of drug-likeness (QED) is 0.530. The molecule has 0 unspecified atom stereocenters. The molecule has 0 atom stereocenters. The van der Waals surface area contributed by atoms with Crippen LogP contribution in [0.4, 0.5) is 0 Å². The first-order valence-corrected chi connectivity index (χ1v) is 3.88. The summed E-state index contributed by atoms with van der Waals surface area (Å²) >= 11 is 0. The van der Waals surface area contributed by atoms with Gasteiger partial charge in [-0.15, -0.1) is 0 Å². The van der Waals surface area contributed by atoms with Gasteiger partial charge in [0, 0.05) is 41.1 Å². The van der Waals surface area contributed by atoms with Crippen LogP contribution in [0.2, 0.25) is 0 Å². The van der Waals surface area contributed by atoms with Crippen LogP contribution < -0.4 is 0 Å². The first-order chi connectivity index (χ1) is 4.93. The van der Waals surface area contributed by atoms with Crippen molar-refractivity contribution in [1.82, 2.24) is 0 Å². The van der Waals surface area contributed by atoms with E-state index in [2.05, 4.69) is 19.1 Å². The SMILES string of the molecule is CC.CCc1c[c-]ccc1.[B].[CH3-].[Y]. The maximum Gasteiger partial charge on any atom is 0 e. The second kappa shape index (κ2) is 18.2. The van der Waals surface area contributed by atoms with Crippen molar-refractivity contribution in [2.75, 3.05) is 0 Å². The molecular weight excluding hydrogens is 232 g/mol. The topological polar surface area (TPSA) is 0 Å². The Balaban J connectivity index is -0.0000000761. The predicted octanol–water partition coefficient (Wildman–Crippen LogP) is 3.14. The molecule has 0 aromatic heterocycles. The second-order valence-corrected chi connectivity index (χ2v) is 1.77. The van der Waals surface area contributed by atoms with Crippen LogP contribution in [0, 0.1) is 13.5 Å². The van der Waals surface area contributed by atoms with E-state index in [0.717, 1.165) is 6.42 Å². The molecule has 0 heterocycles. The molecule has 0 spiro atoms. The van der Waals surface area contributed by atoms with Crippen LogP contribution in [0.3, 0.4) is 0 Å². The van der Waals surface area contributed by atoms with Gasteiger partial charge in [-0.2, -0.15) is 35.9 Å². The van der Waals surface area contributed by atoms with E-state index < -0.39 is 0 Å². The molecule has 70 valence electrons. The average Bonchev–Trinajstić information content (AvgIpc) is 2.10. The maximum absolute atomic E-state index is 3.01. The molecule has 1 aromatic carbocycles. The summed E-state index contributed by atoms with van der Waals surface area (Å²) in [6.07, 6.45) is 1.11. The van der Waals surface area contributed by atoms with E-state index in [1.54, 1.807) is 0 Å². The number of hydrogen-bond acceptors (Lipinski definition) is 0. The van der Waals surface area contributed by atoms with Gasteiger partial charge in [-0.3, -0.25) is 0 Å². The van der Waals surface area contributed by atoms with Crippen molar-refractivity contribution in [2.45, 2.75) is 27.2 Å². The average molecular weight is 250 g/mol. The summed E-state index contributed by atoms with van der Waals surface area (Å²) in [4.78, 5) is 0. The van der Waals surface area contributed by atoms with Gasteiger partial charge in [-0.1, -0.05) is 27.2 Å². The van der Waals surface area contributed by atoms with Crippen LogP contribution in [0.1, 0.15) is 26.3 Å². The molecule has 1 aromatic rings. The minimum Gasteiger partial charge on any atom is -0.358 e. The predicted molar refractivity (Wildman–Crippen MR) is 58.2 cm³/mol. The van der Waals surface area contributed by atoms with Crippen LogP contribution in [0.15, 0.2) is 24.3 Å². The van der Waals surface area contributed by atoms with E-state index in [9.17, 15) is 0 Å². The van der Waals surface area contributed by atoms with Gasteiger partial charge in [-0.25, -0.2) is 0 Å². The monoisotopic (exact) mass is 250 g/mol.